The van der Waals surface area contributed by atoms with Crippen LogP contribution in [0.2, 0.25) is 0 Å². The van der Waals surface area contributed by atoms with Crippen LogP contribution in [0, 0.1) is 20.8 Å². The van der Waals surface area contributed by atoms with Gasteiger partial charge >= 0.3 is 0 Å². The van der Waals surface area contributed by atoms with Crippen molar-refractivity contribution in [2.45, 2.75) is 58.0 Å². The van der Waals surface area contributed by atoms with E-state index in [0.717, 1.165) is 36.9 Å². The summed E-state index contributed by atoms with van der Waals surface area (Å²) in [5.41, 5.74) is 3.12. The van der Waals surface area contributed by atoms with E-state index in [2.05, 4.69) is 10.5 Å². The van der Waals surface area contributed by atoms with Crippen molar-refractivity contribution in [1.82, 2.24) is 9.46 Å². The summed E-state index contributed by atoms with van der Waals surface area (Å²) in [5.74, 6) is 0.877. The predicted octanol–water partition coefficient (Wildman–Crippen LogP) is 5.00. The van der Waals surface area contributed by atoms with E-state index in [1.807, 2.05) is 13.8 Å². The Morgan fingerprint density at radius 3 is 2.49 bits per heavy atom. The lowest BCUT2D eigenvalue weighted by Crippen LogP contribution is -2.32. The van der Waals surface area contributed by atoms with Crippen molar-refractivity contribution in [3.8, 4) is 5.75 Å². The van der Waals surface area contributed by atoms with Gasteiger partial charge in [-0.25, -0.2) is 8.42 Å². The molecule has 186 valence electrons. The smallest absolute Gasteiger partial charge is 0.255 e. The van der Waals surface area contributed by atoms with E-state index >= 15 is 0 Å². The fourth-order valence-electron chi connectivity index (χ4n) is 4.17. The third kappa shape index (κ3) is 5.74. The third-order valence-corrected chi connectivity index (χ3v) is 8.33. The maximum absolute atomic E-state index is 13.3. The molecule has 9 heteroatoms. The molecule has 0 aliphatic carbocycles. The number of sulfonamides is 1. The lowest BCUT2D eigenvalue weighted by molar-refractivity contribution is 0.102. The molecule has 1 amide bonds. The second-order valence-electron chi connectivity index (χ2n) is 8.87. The fourth-order valence-corrected chi connectivity index (χ4v) is 5.94. The molecule has 0 radical (unpaired) electrons. The summed E-state index contributed by atoms with van der Waals surface area (Å²) < 4.78 is 39.2. The molecular weight excluding hydrogens is 466 g/mol. The zero-order valence-corrected chi connectivity index (χ0v) is 21.2. The SMILES string of the molecule is Cc1ccc(NC(=O)c2cccc(OCc3c(C)noc3C)c2)cc1S(=O)(=O)N1CCCCCC1. The number of ether oxygens (including phenoxy) is 1. The van der Waals surface area contributed by atoms with Gasteiger partial charge in [-0.2, -0.15) is 4.31 Å². The Kier molecular flexibility index (Phi) is 7.57. The summed E-state index contributed by atoms with van der Waals surface area (Å²) >= 11 is 0. The van der Waals surface area contributed by atoms with Crippen LogP contribution in [0.4, 0.5) is 5.69 Å². The van der Waals surface area contributed by atoms with Gasteiger partial charge in [0, 0.05) is 24.3 Å². The van der Waals surface area contributed by atoms with Crippen LogP contribution in [-0.2, 0) is 16.6 Å². The monoisotopic (exact) mass is 497 g/mol. The van der Waals surface area contributed by atoms with Gasteiger partial charge in [-0.3, -0.25) is 4.79 Å². The van der Waals surface area contributed by atoms with Crippen LogP contribution < -0.4 is 10.1 Å². The number of carbonyl (C=O) groups excluding carboxylic acids is 1. The van der Waals surface area contributed by atoms with E-state index < -0.39 is 10.0 Å². The minimum atomic E-state index is -3.63. The summed E-state index contributed by atoms with van der Waals surface area (Å²) in [5, 5.41) is 6.75. The number of nitrogens with zero attached hydrogens (tertiary/aromatic N) is 2. The molecule has 0 saturated carbocycles. The number of carbonyl (C=O) groups is 1. The number of benzene rings is 2. The molecule has 1 fully saturated rings. The number of amides is 1. The molecule has 2 aromatic carbocycles. The number of aromatic nitrogens is 1. The van der Waals surface area contributed by atoms with E-state index in [1.54, 1.807) is 53.7 Å². The molecule has 1 aliphatic heterocycles. The van der Waals surface area contributed by atoms with Crippen molar-refractivity contribution >= 4 is 21.6 Å². The quantitative estimate of drug-likeness (QED) is 0.493. The van der Waals surface area contributed by atoms with Crippen LogP contribution in [-0.4, -0.2) is 36.9 Å². The lowest BCUT2D eigenvalue weighted by Gasteiger charge is -2.21. The highest BCUT2D eigenvalue weighted by molar-refractivity contribution is 7.89. The molecule has 1 N–H and O–H groups in total. The molecule has 3 aromatic rings. The molecule has 0 atom stereocenters. The molecular formula is C26H31N3O5S. The highest BCUT2D eigenvalue weighted by atomic mass is 32.2. The highest BCUT2D eigenvalue weighted by Crippen LogP contribution is 2.26. The number of nitrogens with one attached hydrogen (secondary N) is 1. The van der Waals surface area contributed by atoms with Crippen molar-refractivity contribution in [3.05, 3.63) is 70.6 Å². The second-order valence-corrected chi connectivity index (χ2v) is 10.8. The van der Waals surface area contributed by atoms with Gasteiger partial charge in [0.15, 0.2) is 0 Å². The van der Waals surface area contributed by atoms with Gasteiger partial charge < -0.3 is 14.6 Å². The first-order chi connectivity index (χ1) is 16.8. The minimum Gasteiger partial charge on any atom is -0.489 e. The summed E-state index contributed by atoms with van der Waals surface area (Å²) in [7, 11) is -3.63. The van der Waals surface area contributed by atoms with E-state index in [9.17, 15) is 13.2 Å². The van der Waals surface area contributed by atoms with Gasteiger partial charge in [-0.1, -0.05) is 30.1 Å². The van der Waals surface area contributed by atoms with Gasteiger partial charge in [-0.05, 0) is 69.5 Å². The molecule has 0 spiro atoms. The summed E-state index contributed by atoms with van der Waals surface area (Å²) in [6.45, 7) is 6.78. The van der Waals surface area contributed by atoms with Crippen molar-refractivity contribution in [3.63, 3.8) is 0 Å². The first-order valence-corrected chi connectivity index (χ1v) is 13.3. The molecule has 0 unspecified atom stereocenters. The predicted molar refractivity (Wildman–Crippen MR) is 133 cm³/mol. The molecule has 1 aromatic heterocycles. The third-order valence-electron chi connectivity index (χ3n) is 6.29. The fraction of sp³-hybridized carbons (Fsp3) is 0.385. The van der Waals surface area contributed by atoms with Gasteiger partial charge in [0.1, 0.15) is 18.1 Å². The van der Waals surface area contributed by atoms with E-state index in [1.165, 1.54) is 0 Å². The number of hydrogen-bond donors (Lipinski definition) is 1. The van der Waals surface area contributed by atoms with E-state index in [4.69, 9.17) is 9.26 Å². The molecule has 4 rings (SSSR count). The minimum absolute atomic E-state index is 0.230. The van der Waals surface area contributed by atoms with Crippen LogP contribution in [0.25, 0.3) is 0 Å². The molecule has 0 bridgehead atoms. The maximum Gasteiger partial charge on any atom is 0.255 e. The standard InChI is InChI=1S/C26H31N3O5S/c1-18-11-12-22(16-25(18)35(31,32)29-13-6-4-5-7-14-29)27-26(30)21-9-8-10-23(15-21)33-17-24-19(2)28-34-20(24)3/h8-12,15-16H,4-7,13-14,17H2,1-3H3,(H,27,30). The molecule has 8 nitrogen and oxygen atoms in total. The van der Waals surface area contributed by atoms with Crippen molar-refractivity contribution in [1.29, 1.82) is 0 Å². The summed E-state index contributed by atoms with van der Waals surface area (Å²) in [6.07, 6.45) is 3.82. The largest absolute Gasteiger partial charge is 0.489 e. The van der Waals surface area contributed by atoms with Crippen LogP contribution in [0.5, 0.6) is 5.75 Å². The number of anilines is 1. The van der Waals surface area contributed by atoms with Crippen molar-refractivity contribution in [2.24, 2.45) is 0 Å². The first-order valence-electron chi connectivity index (χ1n) is 11.8. The average molecular weight is 498 g/mol. The van der Waals surface area contributed by atoms with Crippen LogP contribution >= 0.6 is 0 Å². The van der Waals surface area contributed by atoms with Crippen molar-refractivity contribution < 1.29 is 22.5 Å². The average Bonchev–Trinajstić information content (AvgIpc) is 3.03. The Morgan fingerprint density at radius 1 is 1.06 bits per heavy atom. The Balaban J connectivity index is 1.49. The van der Waals surface area contributed by atoms with Crippen molar-refractivity contribution in [2.75, 3.05) is 18.4 Å². The maximum atomic E-state index is 13.3. The number of rotatable bonds is 7. The Hall–Kier alpha value is -3.17. The Labute approximate surface area is 206 Å². The van der Waals surface area contributed by atoms with Crippen LogP contribution in [0.15, 0.2) is 51.9 Å². The highest BCUT2D eigenvalue weighted by Gasteiger charge is 2.27. The Bertz CT molecular complexity index is 1290. The first kappa shape index (κ1) is 24.9. The Morgan fingerprint density at radius 2 is 1.80 bits per heavy atom. The molecule has 1 aliphatic rings. The second kappa shape index (κ2) is 10.6. The van der Waals surface area contributed by atoms with Gasteiger partial charge in [0.25, 0.3) is 5.91 Å². The van der Waals surface area contributed by atoms with Gasteiger partial charge in [-0.15, -0.1) is 0 Å². The normalized spacial score (nSPS) is 14.9. The summed E-state index contributed by atoms with van der Waals surface area (Å²) in [6, 6.07) is 11.8. The lowest BCUT2D eigenvalue weighted by atomic mass is 10.1. The molecule has 35 heavy (non-hydrogen) atoms. The van der Waals surface area contributed by atoms with Crippen LogP contribution in [0.3, 0.4) is 0 Å². The summed E-state index contributed by atoms with van der Waals surface area (Å²) in [4.78, 5) is 13.2. The number of hydrogen-bond acceptors (Lipinski definition) is 6. The van der Waals surface area contributed by atoms with Crippen LogP contribution in [0.1, 0.15) is 58.6 Å². The topological polar surface area (TPSA) is 102 Å². The van der Waals surface area contributed by atoms with Gasteiger partial charge in [0.2, 0.25) is 10.0 Å². The zero-order chi connectivity index (χ0) is 25.0. The number of aryl methyl sites for hydroxylation is 3. The zero-order valence-electron chi connectivity index (χ0n) is 20.3. The molecule has 1 saturated heterocycles. The van der Waals surface area contributed by atoms with E-state index in [-0.39, 0.29) is 17.4 Å². The molecule has 2 heterocycles. The van der Waals surface area contributed by atoms with Gasteiger partial charge in [0.05, 0.1) is 16.2 Å². The van der Waals surface area contributed by atoms with E-state index in [0.29, 0.717) is 41.4 Å².